The molecule has 0 aromatic carbocycles. The van der Waals surface area contributed by atoms with Crippen LogP contribution < -0.4 is 34.7 Å². The van der Waals surface area contributed by atoms with Crippen LogP contribution in [0.3, 0.4) is 0 Å². The van der Waals surface area contributed by atoms with Crippen LogP contribution >= 0.6 is 11.8 Å². The zero-order valence-corrected chi connectivity index (χ0v) is 12.1. The first-order valence-electron chi connectivity index (χ1n) is 5.29. The van der Waals surface area contributed by atoms with E-state index in [2.05, 4.69) is 31.0 Å². The Bertz CT molecular complexity index is 243. The molecule has 0 saturated heterocycles. The van der Waals surface area contributed by atoms with Gasteiger partial charge in [0.15, 0.2) is 12.4 Å². The van der Waals surface area contributed by atoms with Gasteiger partial charge in [-0.3, -0.25) is 0 Å². The van der Waals surface area contributed by atoms with E-state index in [0.717, 1.165) is 0 Å². The third kappa shape index (κ3) is 7.34. The molecule has 0 amide bonds. The summed E-state index contributed by atoms with van der Waals surface area (Å²) in [7, 11) is 0. The van der Waals surface area contributed by atoms with E-state index in [1.54, 1.807) is 4.90 Å². The van der Waals surface area contributed by atoms with Gasteiger partial charge >= 0.3 is 0 Å². The van der Waals surface area contributed by atoms with Gasteiger partial charge in [0.05, 0.1) is 19.6 Å². The second-order valence-corrected chi connectivity index (χ2v) is 4.46. The molecule has 0 fully saturated rings. The van der Waals surface area contributed by atoms with E-state index in [1.165, 1.54) is 30.3 Å². The molecular weight excluding hydrogens is 263 g/mol. The molecule has 16 heavy (non-hydrogen) atoms. The minimum Gasteiger partial charge on any atom is -1.00 e. The Morgan fingerprint density at radius 2 is 1.69 bits per heavy atom. The highest BCUT2D eigenvalue weighted by Gasteiger charge is 2.02. The number of pyridine rings is 1. The van der Waals surface area contributed by atoms with Crippen molar-refractivity contribution in [2.45, 2.75) is 18.7 Å². The number of H-pyrrole nitrogens is 1. The molecular formula is C11H20Cl2N2S. The normalized spacial score (nSPS) is 9.44. The van der Waals surface area contributed by atoms with Crippen molar-refractivity contribution in [1.29, 1.82) is 0 Å². The van der Waals surface area contributed by atoms with Crippen LogP contribution in [0.4, 0.5) is 0 Å². The minimum atomic E-state index is 0. The summed E-state index contributed by atoms with van der Waals surface area (Å²) in [6.45, 7) is 8.23. The number of aromatic amines is 1. The number of quaternary nitrogens is 1. The maximum absolute atomic E-state index is 3.04. The van der Waals surface area contributed by atoms with E-state index < -0.39 is 0 Å². The smallest absolute Gasteiger partial charge is 0.168 e. The first-order valence-corrected chi connectivity index (χ1v) is 6.27. The Hall–Kier alpha value is 0.0400. The standard InChI is InChI=1S/C11H18N2S.2ClH/c1-3-13(4-2)9-10-14-11-5-7-12-8-6-11;;/h5-8H,3-4,9-10H2,1-2H3;2*1H. The molecule has 2 nitrogen and oxygen atoms in total. The summed E-state index contributed by atoms with van der Waals surface area (Å²) >= 11 is 1.94. The summed E-state index contributed by atoms with van der Waals surface area (Å²) in [5, 5.41) is 0. The molecule has 0 spiro atoms. The van der Waals surface area contributed by atoms with Crippen LogP contribution in [0, 0.1) is 0 Å². The molecule has 0 bridgehead atoms. The molecule has 0 atom stereocenters. The Kier molecular flexibility index (Phi) is 13.3. The number of hydrogen-bond donors (Lipinski definition) is 1. The maximum atomic E-state index is 3.04. The monoisotopic (exact) mass is 282 g/mol. The molecule has 1 rings (SSSR count). The average Bonchev–Trinajstić information content (AvgIpc) is 2.26. The van der Waals surface area contributed by atoms with E-state index in [-0.39, 0.29) is 24.8 Å². The Morgan fingerprint density at radius 3 is 2.19 bits per heavy atom. The second kappa shape index (κ2) is 11.5. The van der Waals surface area contributed by atoms with E-state index >= 15 is 0 Å². The fourth-order valence-electron chi connectivity index (χ4n) is 1.38. The lowest BCUT2D eigenvalue weighted by atomic mass is 10.5. The first kappa shape index (κ1) is 18.4. The van der Waals surface area contributed by atoms with Crippen LogP contribution in [0.15, 0.2) is 29.4 Å². The summed E-state index contributed by atoms with van der Waals surface area (Å²) in [4.78, 5) is 6.07. The molecule has 0 aliphatic carbocycles. The third-order valence-corrected chi connectivity index (χ3v) is 3.43. The fourth-order valence-corrected chi connectivity index (χ4v) is 2.34. The Labute approximate surface area is 115 Å². The van der Waals surface area contributed by atoms with Gasteiger partial charge in [-0.05, 0) is 13.8 Å². The van der Waals surface area contributed by atoms with Gasteiger partial charge in [-0.25, -0.2) is 4.98 Å². The molecule has 1 aromatic heterocycles. The lowest BCUT2D eigenvalue weighted by Crippen LogP contribution is -3.11. The van der Waals surface area contributed by atoms with Crippen molar-refractivity contribution in [3.05, 3.63) is 24.5 Å². The van der Waals surface area contributed by atoms with Crippen molar-refractivity contribution in [2.75, 3.05) is 25.4 Å². The quantitative estimate of drug-likeness (QED) is 0.516. The number of aromatic nitrogens is 1. The van der Waals surface area contributed by atoms with Gasteiger partial charge in [-0.2, -0.15) is 0 Å². The van der Waals surface area contributed by atoms with Gasteiger partial charge < -0.3 is 29.7 Å². The molecule has 2 N–H and O–H groups in total. The molecule has 0 saturated carbocycles. The summed E-state index contributed by atoms with van der Waals surface area (Å²) in [5.74, 6) is 1.21. The minimum absolute atomic E-state index is 0. The highest BCUT2D eigenvalue weighted by Crippen LogP contribution is 2.13. The predicted molar refractivity (Wildman–Crippen MR) is 60.6 cm³/mol. The number of nitrogens with one attached hydrogen (secondary N) is 2. The number of hydrogen-bond acceptors (Lipinski definition) is 1. The van der Waals surface area contributed by atoms with Gasteiger partial charge in [-0.1, -0.05) is 0 Å². The van der Waals surface area contributed by atoms with Crippen LogP contribution in [-0.4, -0.2) is 25.4 Å². The lowest BCUT2D eigenvalue weighted by molar-refractivity contribution is -0.893. The van der Waals surface area contributed by atoms with Gasteiger partial charge in [0.1, 0.15) is 0 Å². The number of halogens is 2. The highest BCUT2D eigenvalue weighted by atomic mass is 35.5. The first-order chi connectivity index (χ1) is 6.86. The van der Waals surface area contributed by atoms with Crippen molar-refractivity contribution >= 4 is 11.8 Å². The highest BCUT2D eigenvalue weighted by molar-refractivity contribution is 7.99. The molecule has 1 aromatic rings. The summed E-state index contributed by atoms with van der Waals surface area (Å²) in [6.07, 6.45) is 3.96. The van der Waals surface area contributed by atoms with E-state index in [9.17, 15) is 0 Å². The maximum Gasteiger partial charge on any atom is 0.168 e. The van der Waals surface area contributed by atoms with Crippen LogP contribution in [0.1, 0.15) is 13.8 Å². The van der Waals surface area contributed by atoms with Crippen molar-refractivity contribution in [3.8, 4) is 0 Å². The van der Waals surface area contributed by atoms with Crippen molar-refractivity contribution in [3.63, 3.8) is 0 Å². The summed E-state index contributed by atoms with van der Waals surface area (Å²) < 4.78 is 0. The van der Waals surface area contributed by atoms with E-state index in [4.69, 9.17) is 0 Å². The number of thioether (sulfide) groups is 1. The van der Waals surface area contributed by atoms with E-state index in [1.807, 2.05) is 24.2 Å². The molecule has 0 radical (unpaired) electrons. The molecule has 94 valence electrons. The van der Waals surface area contributed by atoms with Crippen molar-refractivity contribution in [1.82, 2.24) is 0 Å². The zero-order valence-electron chi connectivity index (χ0n) is 9.80. The lowest BCUT2D eigenvalue weighted by Gasteiger charge is -2.14. The van der Waals surface area contributed by atoms with Crippen molar-refractivity contribution < 1.29 is 34.7 Å². The zero-order chi connectivity index (χ0) is 10.2. The summed E-state index contributed by atoms with van der Waals surface area (Å²) in [5.41, 5.74) is 0. The Morgan fingerprint density at radius 1 is 1.12 bits per heavy atom. The van der Waals surface area contributed by atoms with Crippen LogP contribution in [-0.2, 0) is 0 Å². The largest absolute Gasteiger partial charge is 1.00 e. The summed E-state index contributed by atoms with van der Waals surface area (Å²) in [6, 6.07) is 4.25. The molecule has 0 unspecified atom stereocenters. The van der Waals surface area contributed by atoms with E-state index in [0.29, 0.717) is 0 Å². The molecule has 5 heteroatoms. The van der Waals surface area contributed by atoms with Gasteiger partial charge in [0.25, 0.3) is 0 Å². The average molecular weight is 283 g/mol. The van der Waals surface area contributed by atoms with Crippen LogP contribution in [0.2, 0.25) is 0 Å². The van der Waals surface area contributed by atoms with Crippen LogP contribution in [0.5, 0.6) is 0 Å². The topological polar surface area (TPSA) is 18.6 Å². The Balaban J connectivity index is 0. The fraction of sp³-hybridized carbons (Fsp3) is 0.545. The third-order valence-electron chi connectivity index (χ3n) is 2.41. The molecule has 0 aliphatic heterocycles. The predicted octanol–water partition coefficient (Wildman–Crippen LogP) is -5.47. The molecule has 0 aliphatic rings. The van der Waals surface area contributed by atoms with Gasteiger partial charge in [0.2, 0.25) is 0 Å². The number of rotatable bonds is 6. The second-order valence-electron chi connectivity index (χ2n) is 3.29. The van der Waals surface area contributed by atoms with Gasteiger partial charge in [0, 0.05) is 22.8 Å². The van der Waals surface area contributed by atoms with Crippen molar-refractivity contribution in [2.24, 2.45) is 0 Å². The van der Waals surface area contributed by atoms with Crippen LogP contribution in [0.25, 0.3) is 0 Å². The SMILES string of the molecule is CC[NH+](CC)CCSc1cc[nH+]cc1.[Cl-].[Cl-]. The van der Waals surface area contributed by atoms with Gasteiger partial charge in [-0.15, -0.1) is 11.8 Å². The molecule has 1 heterocycles.